The number of methoxy groups -OCH3 is 1. The lowest BCUT2D eigenvalue weighted by atomic mass is 10.1. The second kappa shape index (κ2) is 13.2. The molecule has 1 aromatic rings. The molecular formula is C19H32IN3O2. The number of aliphatic imine (C=N–C) groups is 1. The van der Waals surface area contributed by atoms with Crippen LogP contribution in [-0.4, -0.2) is 45.4 Å². The maximum atomic E-state index is 6.00. The molecule has 0 spiro atoms. The second-order valence-electron chi connectivity index (χ2n) is 6.10. The van der Waals surface area contributed by atoms with Crippen LogP contribution in [0.2, 0.25) is 0 Å². The summed E-state index contributed by atoms with van der Waals surface area (Å²) in [7, 11) is 1.69. The first-order valence-corrected chi connectivity index (χ1v) is 9.08. The Hall–Kier alpha value is -1.02. The van der Waals surface area contributed by atoms with E-state index in [-0.39, 0.29) is 24.0 Å². The molecule has 6 heteroatoms. The molecule has 1 fully saturated rings. The first kappa shape index (κ1) is 22.0. The van der Waals surface area contributed by atoms with Crippen molar-refractivity contribution in [3.63, 3.8) is 0 Å². The van der Waals surface area contributed by atoms with Crippen molar-refractivity contribution in [3.05, 3.63) is 29.8 Å². The summed E-state index contributed by atoms with van der Waals surface area (Å²) < 4.78 is 11.0. The quantitative estimate of drug-likeness (QED) is 0.256. The summed E-state index contributed by atoms with van der Waals surface area (Å²) in [6.07, 6.45) is 6.37. The summed E-state index contributed by atoms with van der Waals surface area (Å²) in [5.41, 5.74) is 1.30. The summed E-state index contributed by atoms with van der Waals surface area (Å²) in [6.45, 7) is 5.07. The molecule has 2 rings (SSSR count). The first-order chi connectivity index (χ1) is 11.8. The van der Waals surface area contributed by atoms with Gasteiger partial charge in [0.05, 0.1) is 19.3 Å². The number of rotatable bonds is 9. The van der Waals surface area contributed by atoms with E-state index in [0.717, 1.165) is 31.2 Å². The Morgan fingerprint density at radius 2 is 1.88 bits per heavy atom. The van der Waals surface area contributed by atoms with Crippen molar-refractivity contribution in [3.8, 4) is 5.75 Å². The van der Waals surface area contributed by atoms with Crippen molar-refractivity contribution in [1.82, 2.24) is 10.6 Å². The summed E-state index contributed by atoms with van der Waals surface area (Å²) >= 11 is 0. The Kier molecular flexibility index (Phi) is 11.6. The normalized spacial score (nSPS) is 14.9. The number of ether oxygens (including phenoxy) is 2. The van der Waals surface area contributed by atoms with Gasteiger partial charge in [-0.05, 0) is 56.7 Å². The van der Waals surface area contributed by atoms with E-state index in [0.29, 0.717) is 19.3 Å². The highest BCUT2D eigenvalue weighted by molar-refractivity contribution is 14.0. The second-order valence-corrected chi connectivity index (χ2v) is 6.10. The highest BCUT2D eigenvalue weighted by Crippen LogP contribution is 2.24. The summed E-state index contributed by atoms with van der Waals surface area (Å²) in [5.74, 6) is 1.84. The van der Waals surface area contributed by atoms with Gasteiger partial charge >= 0.3 is 0 Å². The number of nitrogens with one attached hydrogen (secondary N) is 2. The van der Waals surface area contributed by atoms with Gasteiger partial charge in [-0.1, -0.05) is 12.1 Å². The zero-order chi connectivity index (χ0) is 17.0. The van der Waals surface area contributed by atoms with Gasteiger partial charge in [-0.2, -0.15) is 0 Å². The fraction of sp³-hybridized carbons (Fsp3) is 0.632. The monoisotopic (exact) mass is 461 g/mol. The Morgan fingerprint density at radius 3 is 2.52 bits per heavy atom. The lowest BCUT2D eigenvalue weighted by Gasteiger charge is -2.14. The lowest BCUT2D eigenvalue weighted by Crippen LogP contribution is -2.38. The van der Waals surface area contributed by atoms with E-state index in [9.17, 15) is 0 Å². The minimum absolute atomic E-state index is 0. The van der Waals surface area contributed by atoms with Crippen LogP contribution in [-0.2, 0) is 11.2 Å². The Labute approximate surface area is 169 Å². The molecule has 142 valence electrons. The molecule has 0 aliphatic heterocycles. The molecule has 5 nitrogen and oxygen atoms in total. The molecular weight excluding hydrogens is 429 g/mol. The largest absolute Gasteiger partial charge is 0.490 e. The van der Waals surface area contributed by atoms with Gasteiger partial charge in [0, 0.05) is 20.2 Å². The first-order valence-electron chi connectivity index (χ1n) is 9.08. The number of hydrogen-bond acceptors (Lipinski definition) is 3. The van der Waals surface area contributed by atoms with Crippen molar-refractivity contribution >= 4 is 29.9 Å². The Morgan fingerprint density at radius 1 is 1.16 bits per heavy atom. The minimum atomic E-state index is 0. The number of nitrogens with zero attached hydrogens (tertiary/aromatic N) is 1. The van der Waals surface area contributed by atoms with E-state index < -0.39 is 0 Å². The van der Waals surface area contributed by atoms with Gasteiger partial charge in [0.25, 0.3) is 0 Å². The molecule has 1 saturated carbocycles. The van der Waals surface area contributed by atoms with Crippen LogP contribution in [0.1, 0.15) is 38.2 Å². The van der Waals surface area contributed by atoms with Crippen LogP contribution in [0.15, 0.2) is 29.3 Å². The average molecular weight is 461 g/mol. The molecule has 0 amide bonds. The lowest BCUT2D eigenvalue weighted by molar-refractivity contribution is 0.208. The van der Waals surface area contributed by atoms with Gasteiger partial charge < -0.3 is 20.1 Å². The molecule has 1 aliphatic carbocycles. The topological polar surface area (TPSA) is 54.9 Å². The van der Waals surface area contributed by atoms with Crippen molar-refractivity contribution in [2.75, 3.05) is 33.4 Å². The smallest absolute Gasteiger partial charge is 0.191 e. The highest BCUT2D eigenvalue weighted by Gasteiger charge is 2.16. The van der Waals surface area contributed by atoms with Crippen LogP contribution in [0.3, 0.4) is 0 Å². The Balaban J connectivity index is 0.00000312. The molecule has 0 unspecified atom stereocenters. The standard InChI is InChI=1S/C19H31N3O2.HI/c1-3-20-19(22-14-15-23-2)21-13-12-16-8-10-18(11-9-16)24-17-6-4-5-7-17;/h8-11,17H,3-7,12-15H2,1-2H3,(H2,20,21,22);1H. The predicted molar refractivity (Wildman–Crippen MR) is 114 cm³/mol. The molecule has 0 radical (unpaired) electrons. The zero-order valence-corrected chi connectivity index (χ0v) is 17.8. The number of guanidine groups is 1. The summed E-state index contributed by atoms with van der Waals surface area (Å²) in [6, 6.07) is 8.49. The van der Waals surface area contributed by atoms with Crippen LogP contribution in [0, 0.1) is 0 Å². The summed E-state index contributed by atoms with van der Waals surface area (Å²) in [5, 5.41) is 6.59. The van der Waals surface area contributed by atoms with Crippen molar-refractivity contribution < 1.29 is 9.47 Å². The van der Waals surface area contributed by atoms with Gasteiger partial charge in [-0.3, -0.25) is 4.99 Å². The van der Waals surface area contributed by atoms with Crippen molar-refractivity contribution in [2.24, 2.45) is 4.99 Å². The van der Waals surface area contributed by atoms with Crippen LogP contribution in [0.4, 0.5) is 0 Å². The van der Waals surface area contributed by atoms with Gasteiger partial charge in [-0.25, -0.2) is 0 Å². The van der Waals surface area contributed by atoms with Crippen molar-refractivity contribution in [2.45, 2.75) is 45.1 Å². The van der Waals surface area contributed by atoms with Gasteiger partial charge in [-0.15, -0.1) is 24.0 Å². The third-order valence-electron chi connectivity index (χ3n) is 4.14. The summed E-state index contributed by atoms with van der Waals surface area (Å²) in [4.78, 5) is 4.46. The SMILES string of the molecule is CCNC(=NCCOC)NCCc1ccc(OC2CCCC2)cc1.I. The maximum absolute atomic E-state index is 6.00. The third-order valence-corrected chi connectivity index (χ3v) is 4.14. The van der Waals surface area contributed by atoms with Gasteiger partial charge in [0.15, 0.2) is 5.96 Å². The molecule has 0 atom stereocenters. The van der Waals surface area contributed by atoms with Crippen LogP contribution < -0.4 is 15.4 Å². The zero-order valence-electron chi connectivity index (χ0n) is 15.4. The average Bonchev–Trinajstić information content (AvgIpc) is 3.10. The van der Waals surface area contributed by atoms with E-state index in [1.54, 1.807) is 7.11 Å². The van der Waals surface area contributed by atoms with E-state index in [2.05, 4.69) is 46.8 Å². The Bertz CT molecular complexity index is 488. The van der Waals surface area contributed by atoms with Gasteiger partial charge in [0.1, 0.15) is 5.75 Å². The van der Waals surface area contributed by atoms with Gasteiger partial charge in [0.2, 0.25) is 0 Å². The maximum Gasteiger partial charge on any atom is 0.191 e. The molecule has 1 aliphatic rings. The van der Waals surface area contributed by atoms with Crippen LogP contribution in [0.25, 0.3) is 0 Å². The highest BCUT2D eigenvalue weighted by atomic mass is 127. The minimum Gasteiger partial charge on any atom is -0.490 e. The third kappa shape index (κ3) is 8.76. The molecule has 0 aromatic heterocycles. The number of benzene rings is 1. The predicted octanol–water partition coefficient (Wildman–Crippen LogP) is 3.37. The van der Waals surface area contributed by atoms with E-state index in [4.69, 9.17) is 9.47 Å². The number of halogens is 1. The van der Waals surface area contributed by atoms with Crippen molar-refractivity contribution in [1.29, 1.82) is 0 Å². The molecule has 2 N–H and O–H groups in total. The molecule has 0 saturated heterocycles. The molecule has 1 aromatic carbocycles. The van der Waals surface area contributed by atoms with Crippen LogP contribution in [0.5, 0.6) is 5.75 Å². The van der Waals surface area contributed by atoms with E-state index in [1.165, 1.54) is 31.2 Å². The number of hydrogen-bond donors (Lipinski definition) is 2. The fourth-order valence-electron chi connectivity index (χ4n) is 2.85. The molecule has 0 heterocycles. The molecule has 25 heavy (non-hydrogen) atoms. The molecule has 0 bridgehead atoms. The van der Waals surface area contributed by atoms with E-state index in [1.807, 2.05) is 0 Å². The van der Waals surface area contributed by atoms with Crippen LogP contribution >= 0.6 is 24.0 Å². The van der Waals surface area contributed by atoms with E-state index >= 15 is 0 Å². The fourth-order valence-corrected chi connectivity index (χ4v) is 2.85.